The molecule has 0 aliphatic heterocycles. The summed E-state index contributed by atoms with van der Waals surface area (Å²) in [5.74, 6) is 1.29. The standard InChI is InChI=1S/C12H15N3O3S/c1-9-4-5-10(18-9)8-15-19(16,17)12-3-2-6-14-11(12)7-13/h2-6,15H,7-8,13H2,1H3. The number of pyridine rings is 1. The number of rotatable bonds is 5. The SMILES string of the molecule is Cc1ccc(CNS(=O)(=O)c2cccnc2CN)o1. The first kappa shape index (κ1) is 13.7. The zero-order chi connectivity index (χ0) is 13.9. The molecule has 0 aliphatic rings. The van der Waals surface area contributed by atoms with Crippen LogP contribution in [0.2, 0.25) is 0 Å². The number of nitrogens with two attached hydrogens (primary N) is 1. The van der Waals surface area contributed by atoms with Crippen molar-refractivity contribution in [3.63, 3.8) is 0 Å². The summed E-state index contributed by atoms with van der Waals surface area (Å²) in [7, 11) is -3.64. The van der Waals surface area contributed by atoms with Crippen molar-refractivity contribution in [2.75, 3.05) is 0 Å². The Hall–Kier alpha value is -1.70. The lowest BCUT2D eigenvalue weighted by atomic mass is 10.3. The molecular formula is C12H15N3O3S. The van der Waals surface area contributed by atoms with Gasteiger partial charge in [0.2, 0.25) is 10.0 Å². The molecule has 0 amide bonds. The van der Waals surface area contributed by atoms with Crippen LogP contribution in [0, 0.1) is 6.92 Å². The monoisotopic (exact) mass is 281 g/mol. The van der Waals surface area contributed by atoms with Crippen molar-refractivity contribution in [3.05, 3.63) is 47.7 Å². The average Bonchev–Trinajstić information content (AvgIpc) is 2.82. The molecule has 0 unspecified atom stereocenters. The Labute approximate surface area is 111 Å². The number of aromatic nitrogens is 1. The summed E-state index contributed by atoms with van der Waals surface area (Å²) in [4.78, 5) is 4.05. The summed E-state index contributed by atoms with van der Waals surface area (Å²) >= 11 is 0. The Bertz CT molecular complexity index is 664. The van der Waals surface area contributed by atoms with Crippen LogP contribution < -0.4 is 10.5 Å². The topological polar surface area (TPSA) is 98.2 Å². The zero-order valence-electron chi connectivity index (χ0n) is 10.5. The molecule has 0 saturated carbocycles. The quantitative estimate of drug-likeness (QED) is 0.849. The summed E-state index contributed by atoms with van der Waals surface area (Å²) < 4.78 is 32.1. The van der Waals surface area contributed by atoms with E-state index in [1.807, 2.05) is 0 Å². The van der Waals surface area contributed by atoms with Gasteiger partial charge in [-0.15, -0.1) is 0 Å². The third-order valence-corrected chi connectivity index (χ3v) is 4.04. The number of nitrogens with one attached hydrogen (secondary N) is 1. The number of hydrogen-bond acceptors (Lipinski definition) is 5. The van der Waals surface area contributed by atoms with E-state index in [-0.39, 0.29) is 18.0 Å². The van der Waals surface area contributed by atoms with Gasteiger partial charge in [-0.2, -0.15) is 0 Å². The Morgan fingerprint density at radius 3 is 2.79 bits per heavy atom. The van der Waals surface area contributed by atoms with Crippen LogP contribution in [0.15, 0.2) is 39.8 Å². The molecule has 0 aromatic carbocycles. The molecule has 0 fully saturated rings. The van der Waals surface area contributed by atoms with Crippen molar-refractivity contribution in [1.82, 2.24) is 9.71 Å². The normalized spacial score (nSPS) is 11.7. The zero-order valence-corrected chi connectivity index (χ0v) is 11.3. The lowest BCUT2D eigenvalue weighted by Gasteiger charge is -2.08. The van der Waals surface area contributed by atoms with Gasteiger partial charge in [-0.05, 0) is 31.2 Å². The molecule has 2 heterocycles. The Kier molecular flexibility index (Phi) is 3.98. The number of aryl methyl sites for hydroxylation is 1. The largest absolute Gasteiger partial charge is 0.465 e. The molecule has 0 atom stereocenters. The van der Waals surface area contributed by atoms with Crippen LogP contribution in [-0.2, 0) is 23.1 Å². The third kappa shape index (κ3) is 3.19. The van der Waals surface area contributed by atoms with Crippen molar-refractivity contribution in [2.45, 2.75) is 24.9 Å². The number of furan rings is 1. The van der Waals surface area contributed by atoms with Crippen molar-refractivity contribution >= 4 is 10.0 Å². The van der Waals surface area contributed by atoms with Crippen molar-refractivity contribution < 1.29 is 12.8 Å². The first-order valence-electron chi connectivity index (χ1n) is 5.72. The highest BCUT2D eigenvalue weighted by atomic mass is 32.2. The molecule has 0 radical (unpaired) electrons. The van der Waals surface area contributed by atoms with Gasteiger partial charge in [0, 0.05) is 12.7 Å². The first-order chi connectivity index (χ1) is 9.03. The molecule has 0 saturated heterocycles. The van der Waals surface area contributed by atoms with Crippen LogP contribution >= 0.6 is 0 Å². The van der Waals surface area contributed by atoms with E-state index in [1.54, 1.807) is 25.1 Å². The van der Waals surface area contributed by atoms with Crippen LogP contribution in [-0.4, -0.2) is 13.4 Å². The van der Waals surface area contributed by atoms with E-state index in [0.29, 0.717) is 11.5 Å². The number of nitrogens with zero attached hydrogens (tertiary/aromatic N) is 1. The summed E-state index contributed by atoms with van der Waals surface area (Å²) in [5.41, 5.74) is 5.82. The predicted octanol–water partition coefficient (Wildman–Crippen LogP) is 0.920. The molecule has 2 rings (SSSR count). The molecule has 7 heteroatoms. The van der Waals surface area contributed by atoms with Gasteiger partial charge in [0.25, 0.3) is 0 Å². The Morgan fingerprint density at radius 2 is 2.16 bits per heavy atom. The van der Waals surface area contributed by atoms with Crippen LogP contribution in [0.5, 0.6) is 0 Å². The van der Waals surface area contributed by atoms with Gasteiger partial charge in [0.15, 0.2) is 0 Å². The maximum Gasteiger partial charge on any atom is 0.242 e. The second-order valence-corrected chi connectivity index (χ2v) is 5.72. The summed E-state index contributed by atoms with van der Waals surface area (Å²) in [6, 6.07) is 6.54. The minimum absolute atomic E-state index is 0.0664. The average molecular weight is 281 g/mol. The van der Waals surface area contributed by atoms with Gasteiger partial charge in [-0.1, -0.05) is 0 Å². The van der Waals surface area contributed by atoms with Crippen LogP contribution in [0.25, 0.3) is 0 Å². The van der Waals surface area contributed by atoms with Gasteiger partial charge >= 0.3 is 0 Å². The molecule has 0 aliphatic carbocycles. The van der Waals surface area contributed by atoms with Crippen molar-refractivity contribution in [3.8, 4) is 0 Å². The minimum Gasteiger partial charge on any atom is -0.465 e. The summed E-state index contributed by atoms with van der Waals surface area (Å²) in [5, 5.41) is 0. The lowest BCUT2D eigenvalue weighted by molar-refractivity contribution is 0.475. The number of hydrogen-bond donors (Lipinski definition) is 2. The summed E-state index contributed by atoms with van der Waals surface area (Å²) in [6.45, 7) is 1.96. The van der Waals surface area contributed by atoms with Crippen LogP contribution in [0.3, 0.4) is 0 Å². The first-order valence-corrected chi connectivity index (χ1v) is 7.20. The fourth-order valence-corrected chi connectivity index (χ4v) is 2.84. The van der Waals surface area contributed by atoms with Crippen molar-refractivity contribution in [1.29, 1.82) is 0 Å². The minimum atomic E-state index is -3.64. The van der Waals surface area contributed by atoms with Gasteiger partial charge in [-0.25, -0.2) is 13.1 Å². The summed E-state index contributed by atoms with van der Waals surface area (Å²) in [6.07, 6.45) is 1.51. The van der Waals surface area contributed by atoms with Crippen molar-refractivity contribution in [2.24, 2.45) is 5.73 Å². The van der Waals surface area contributed by atoms with Gasteiger partial charge in [-0.3, -0.25) is 4.98 Å². The second-order valence-electron chi connectivity index (χ2n) is 3.99. The molecule has 0 bridgehead atoms. The smallest absolute Gasteiger partial charge is 0.242 e. The Balaban J connectivity index is 2.18. The highest BCUT2D eigenvalue weighted by Crippen LogP contribution is 2.13. The van der Waals surface area contributed by atoms with Gasteiger partial charge in [0.1, 0.15) is 16.4 Å². The molecule has 6 nitrogen and oxygen atoms in total. The molecular weight excluding hydrogens is 266 g/mol. The molecule has 0 spiro atoms. The highest BCUT2D eigenvalue weighted by molar-refractivity contribution is 7.89. The van der Waals surface area contributed by atoms with Crippen LogP contribution in [0.4, 0.5) is 0 Å². The van der Waals surface area contributed by atoms with Gasteiger partial charge < -0.3 is 10.2 Å². The van der Waals surface area contributed by atoms with E-state index >= 15 is 0 Å². The van der Waals surface area contributed by atoms with E-state index in [1.165, 1.54) is 12.3 Å². The highest BCUT2D eigenvalue weighted by Gasteiger charge is 2.18. The molecule has 19 heavy (non-hydrogen) atoms. The van der Waals surface area contributed by atoms with E-state index < -0.39 is 10.0 Å². The van der Waals surface area contributed by atoms with Crippen LogP contribution in [0.1, 0.15) is 17.2 Å². The van der Waals surface area contributed by atoms with E-state index in [4.69, 9.17) is 10.2 Å². The Morgan fingerprint density at radius 1 is 1.37 bits per heavy atom. The molecule has 2 aromatic rings. The molecule has 3 N–H and O–H groups in total. The third-order valence-electron chi connectivity index (χ3n) is 2.56. The number of sulfonamides is 1. The fraction of sp³-hybridized carbons (Fsp3) is 0.250. The van der Waals surface area contributed by atoms with E-state index in [9.17, 15) is 8.42 Å². The molecule has 102 valence electrons. The maximum absolute atomic E-state index is 12.1. The predicted molar refractivity (Wildman–Crippen MR) is 69.6 cm³/mol. The van der Waals surface area contributed by atoms with Gasteiger partial charge in [0.05, 0.1) is 12.2 Å². The fourth-order valence-electron chi connectivity index (χ4n) is 1.65. The molecule has 2 aromatic heterocycles. The van der Waals surface area contributed by atoms with E-state index in [0.717, 1.165) is 5.76 Å². The maximum atomic E-state index is 12.1. The second kappa shape index (κ2) is 5.52. The lowest BCUT2D eigenvalue weighted by Crippen LogP contribution is -2.25. The van der Waals surface area contributed by atoms with E-state index in [2.05, 4.69) is 9.71 Å².